The average molecular weight is 340 g/mol. The van der Waals surface area contributed by atoms with Crippen LogP contribution in [0.25, 0.3) is 0 Å². The molecule has 0 aliphatic carbocycles. The molecule has 0 bridgehead atoms. The van der Waals surface area contributed by atoms with Crippen molar-refractivity contribution in [3.05, 3.63) is 38.2 Å². The maximum atomic E-state index is 10.9. The molecule has 2 heterocycles. The summed E-state index contributed by atoms with van der Waals surface area (Å²) in [5.41, 5.74) is 2.28. The molecule has 0 aliphatic heterocycles. The Morgan fingerprint density at radius 1 is 1.55 bits per heavy atom. The minimum Gasteiger partial charge on any atom is -0.336 e. The zero-order chi connectivity index (χ0) is 14.9. The quantitative estimate of drug-likeness (QED) is 0.683. The maximum Gasteiger partial charge on any atom is 0.291 e. The normalized spacial score (nSPS) is 10.6. The Balaban J connectivity index is 2.39. The van der Waals surface area contributed by atoms with Crippen LogP contribution in [-0.2, 0) is 13.5 Å². The highest BCUT2D eigenvalue weighted by molar-refractivity contribution is 9.10. The Hall–Kier alpha value is -1.96. The van der Waals surface area contributed by atoms with Crippen LogP contribution >= 0.6 is 15.9 Å². The lowest BCUT2D eigenvalue weighted by Gasteiger charge is -2.08. The van der Waals surface area contributed by atoms with Crippen molar-refractivity contribution < 1.29 is 4.92 Å². The molecule has 20 heavy (non-hydrogen) atoms. The lowest BCUT2D eigenvalue weighted by molar-refractivity contribution is -0.385. The van der Waals surface area contributed by atoms with Gasteiger partial charge in [0.1, 0.15) is 12.0 Å². The van der Waals surface area contributed by atoms with Gasteiger partial charge in [-0.25, -0.2) is 4.98 Å². The van der Waals surface area contributed by atoms with Crippen molar-refractivity contribution in [1.29, 1.82) is 0 Å². The fraction of sp³-hybridized carbons (Fsp3) is 0.333. The molecule has 2 aromatic heterocycles. The third-order valence-corrected chi connectivity index (χ3v) is 3.90. The molecule has 8 heteroatoms. The fourth-order valence-electron chi connectivity index (χ4n) is 1.87. The molecule has 0 amide bonds. The Kier molecular flexibility index (Phi) is 4.03. The zero-order valence-corrected chi connectivity index (χ0v) is 12.9. The number of nitrogens with one attached hydrogen (secondary N) is 1. The van der Waals surface area contributed by atoms with Gasteiger partial charge in [-0.05, 0) is 29.3 Å². The summed E-state index contributed by atoms with van der Waals surface area (Å²) >= 11 is 3.35. The standard InChI is InChI=1S/C12H14BrN5O2/c1-4-8-9(6-17(3)16-8)15-12-11(13)7(2)10(5-14-12)18(19)20/h5-6H,4H2,1-3H3,(H,14,15). The third kappa shape index (κ3) is 2.64. The van der Waals surface area contributed by atoms with Crippen LogP contribution in [0.15, 0.2) is 16.9 Å². The molecule has 106 valence electrons. The van der Waals surface area contributed by atoms with Gasteiger partial charge in [-0.2, -0.15) is 5.10 Å². The van der Waals surface area contributed by atoms with Gasteiger partial charge >= 0.3 is 0 Å². The van der Waals surface area contributed by atoms with Crippen LogP contribution in [-0.4, -0.2) is 19.7 Å². The van der Waals surface area contributed by atoms with E-state index in [9.17, 15) is 10.1 Å². The highest BCUT2D eigenvalue weighted by Crippen LogP contribution is 2.32. The molecule has 2 rings (SSSR count). The van der Waals surface area contributed by atoms with E-state index >= 15 is 0 Å². The summed E-state index contributed by atoms with van der Waals surface area (Å²) in [6.07, 6.45) is 3.89. The van der Waals surface area contributed by atoms with E-state index in [0.717, 1.165) is 17.8 Å². The van der Waals surface area contributed by atoms with Gasteiger partial charge in [-0.1, -0.05) is 6.92 Å². The first kappa shape index (κ1) is 14.4. The summed E-state index contributed by atoms with van der Waals surface area (Å²) in [4.78, 5) is 14.5. The molecule has 0 unspecified atom stereocenters. The number of nitrogens with zero attached hydrogens (tertiary/aromatic N) is 4. The van der Waals surface area contributed by atoms with E-state index in [4.69, 9.17) is 0 Å². The molecule has 2 aromatic rings. The summed E-state index contributed by atoms with van der Waals surface area (Å²) < 4.78 is 2.30. The van der Waals surface area contributed by atoms with E-state index in [0.29, 0.717) is 15.9 Å². The molecule has 0 fully saturated rings. The second-order valence-electron chi connectivity index (χ2n) is 4.33. The second-order valence-corrected chi connectivity index (χ2v) is 5.12. The number of rotatable bonds is 4. The zero-order valence-electron chi connectivity index (χ0n) is 11.3. The number of pyridine rings is 1. The molecule has 0 saturated heterocycles. The average Bonchev–Trinajstić information content (AvgIpc) is 2.75. The van der Waals surface area contributed by atoms with Crippen molar-refractivity contribution in [2.45, 2.75) is 20.3 Å². The molecule has 0 spiro atoms. The smallest absolute Gasteiger partial charge is 0.291 e. The van der Waals surface area contributed by atoms with Crippen molar-refractivity contribution in [3.8, 4) is 0 Å². The van der Waals surface area contributed by atoms with E-state index < -0.39 is 4.92 Å². The van der Waals surface area contributed by atoms with Crippen molar-refractivity contribution in [1.82, 2.24) is 14.8 Å². The van der Waals surface area contributed by atoms with Crippen molar-refractivity contribution >= 4 is 33.1 Å². The summed E-state index contributed by atoms with van der Waals surface area (Å²) in [6, 6.07) is 0. The molecule has 0 aliphatic rings. The van der Waals surface area contributed by atoms with Crippen LogP contribution in [0.1, 0.15) is 18.2 Å². The molecule has 7 nitrogen and oxygen atoms in total. The van der Waals surface area contributed by atoms with Gasteiger partial charge in [0.05, 0.1) is 20.8 Å². The highest BCUT2D eigenvalue weighted by atomic mass is 79.9. The van der Waals surface area contributed by atoms with Gasteiger partial charge in [0.15, 0.2) is 0 Å². The van der Waals surface area contributed by atoms with Gasteiger partial charge < -0.3 is 5.32 Å². The number of nitro groups is 1. The van der Waals surface area contributed by atoms with Crippen molar-refractivity contribution in [3.63, 3.8) is 0 Å². The first-order valence-corrected chi connectivity index (χ1v) is 6.82. The molecule has 0 radical (unpaired) electrons. The largest absolute Gasteiger partial charge is 0.336 e. The van der Waals surface area contributed by atoms with Crippen LogP contribution in [0.5, 0.6) is 0 Å². The summed E-state index contributed by atoms with van der Waals surface area (Å²) in [5, 5.41) is 18.3. The van der Waals surface area contributed by atoms with E-state index in [2.05, 4.69) is 31.3 Å². The Morgan fingerprint density at radius 2 is 2.25 bits per heavy atom. The fourth-order valence-corrected chi connectivity index (χ4v) is 2.27. The Morgan fingerprint density at radius 3 is 2.85 bits per heavy atom. The Labute approximate surface area is 124 Å². The van der Waals surface area contributed by atoms with Gasteiger partial charge in [0, 0.05) is 18.8 Å². The molecule has 1 N–H and O–H groups in total. The lowest BCUT2D eigenvalue weighted by Crippen LogP contribution is -2.00. The predicted molar refractivity (Wildman–Crippen MR) is 79.2 cm³/mol. The molecule has 0 aromatic carbocycles. The number of hydrogen-bond acceptors (Lipinski definition) is 5. The van der Waals surface area contributed by atoms with Crippen LogP contribution in [0.4, 0.5) is 17.2 Å². The summed E-state index contributed by atoms with van der Waals surface area (Å²) in [7, 11) is 1.84. The molecule has 0 saturated carbocycles. The number of halogens is 1. The van der Waals surface area contributed by atoms with E-state index in [1.165, 1.54) is 6.20 Å². The van der Waals surface area contributed by atoms with Crippen LogP contribution in [0.2, 0.25) is 0 Å². The van der Waals surface area contributed by atoms with Gasteiger partial charge in [0.25, 0.3) is 5.69 Å². The van der Waals surface area contributed by atoms with Crippen LogP contribution < -0.4 is 5.32 Å². The van der Waals surface area contributed by atoms with Crippen molar-refractivity contribution in [2.24, 2.45) is 7.05 Å². The number of aryl methyl sites for hydroxylation is 2. The van der Waals surface area contributed by atoms with E-state index in [-0.39, 0.29) is 5.69 Å². The van der Waals surface area contributed by atoms with Gasteiger partial charge in [-0.15, -0.1) is 0 Å². The summed E-state index contributed by atoms with van der Waals surface area (Å²) in [5.74, 6) is 0.538. The first-order chi connectivity index (χ1) is 9.43. The maximum absolute atomic E-state index is 10.9. The minimum absolute atomic E-state index is 0.00988. The van der Waals surface area contributed by atoms with E-state index in [1.807, 2.05) is 20.2 Å². The highest BCUT2D eigenvalue weighted by Gasteiger charge is 2.18. The topological polar surface area (TPSA) is 85.9 Å². The number of hydrogen-bond donors (Lipinski definition) is 1. The minimum atomic E-state index is -0.446. The SMILES string of the molecule is CCc1nn(C)cc1Nc1ncc([N+](=O)[O-])c(C)c1Br. The summed E-state index contributed by atoms with van der Waals surface area (Å²) in [6.45, 7) is 3.69. The number of aromatic nitrogens is 3. The molecular formula is C12H14BrN5O2. The van der Waals surface area contributed by atoms with Crippen LogP contribution in [0.3, 0.4) is 0 Å². The lowest BCUT2D eigenvalue weighted by atomic mass is 10.2. The van der Waals surface area contributed by atoms with Gasteiger partial charge in [0.2, 0.25) is 0 Å². The van der Waals surface area contributed by atoms with Crippen molar-refractivity contribution in [2.75, 3.05) is 5.32 Å². The second kappa shape index (κ2) is 5.58. The van der Waals surface area contributed by atoms with E-state index in [1.54, 1.807) is 11.6 Å². The van der Waals surface area contributed by atoms with Gasteiger partial charge in [-0.3, -0.25) is 14.8 Å². The Bertz CT molecular complexity index is 668. The predicted octanol–water partition coefficient (Wildman–Crippen LogP) is 3.10. The molecular weight excluding hydrogens is 326 g/mol. The molecule has 0 atom stereocenters. The monoisotopic (exact) mass is 339 g/mol. The number of anilines is 2. The third-order valence-electron chi connectivity index (χ3n) is 2.93. The first-order valence-electron chi connectivity index (χ1n) is 6.03. The van der Waals surface area contributed by atoms with Crippen LogP contribution in [0, 0.1) is 17.0 Å².